The van der Waals surface area contributed by atoms with Gasteiger partial charge in [-0.3, -0.25) is 4.79 Å². The molecule has 28 heavy (non-hydrogen) atoms. The normalized spacial score (nSPS) is 10.5. The van der Waals surface area contributed by atoms with Gasteiger partial charge in [0.15, 0.2) is 18.1 Å². The van der Waals surface area contributed by atoms with E-state index in [-0.39, 0.29) is 49.5 Å². The summed E-state index contributed by atoms with van der Waals surface area (Å²) in [4.78, 5) is 11.9. The molecule has 7 nitrogen and oxygen atoms in total. The smallest absolute Gasteiger partial charge is 0.258 e. The maximum Gasteiger partial charge on any atom is 0.258 e. The van der Waals surface area contributed by atoms with Gasteiger partial charge < -0.3 is 30.5 Å². The molecule has 0 fully saturated rings. The van der Waals surface area contributed by atoms with Gasteiger partial charge in [-0.1, -0.05) is 6.07 Å². The molecular formula is C19H35Cl2N3O4. The molecule has 9 heteroatoms. The molecule has 0 radical (unpaired) electrons. The van der Waals surface area contributed by atoms with Crippen molar-refractivity contribution in [3.63, 3.8) is 0 Å². The Morgan fingerprint density at radius 1 is 1.07 bits per heavy atom. The van der Waals surface area contributed by atoms with Gasteiger partial charge in [-0.05, 0) is 58.0 Å². The third kappa shape index (κ3) is 13.0. The molecule has 1 aromatic carbocycles. The van der Waals surface area contributed by atoms with Gasteiger partial charge in [-0.2, -0.15) is 0 Å². The lowest BCUT2D eigenvalue weighted by atomic mass is 10.1. The molecule has 4 N–H and O–H groups in total. The van der Waals surface area contributed by atoms with Crippen molar-refractivity contribution < 1.29 is 19.4 Å². The molecule has 1 aromatic rings. The molecule has 0 bridgehead atoms. The van der Waals surface area contributed by atoms with Crippen molar-refractivity contribution in [2.24, 2.45) is 0 Å². The van der Waals surface area contributed by atoms with E-state index in [0.29, 0.717) is 18.0 Å². The third-order valence-corrected chi connectivity index (χ3v) is 3.43. The highest BCUT2D eigenvalue weighted by molar-refractivity contribution is 5.85. The number of hydrogen-bond donors (Lipinski definition) is 4. The monoisotopic (exact) mass is 439 g/mol. The molecule has 0 aromatic heterocycles. The van der Waals surface area contributed by atoms with Crippen LogP contribution in [0.2, 0.25) is 0 Å². The average Bonchev–Trinajstić information content (AvgIpc) is 2.58. The second kappa shape index (κ2) is 15.6. The fourth-order valence-electron chi connectivity index (χ4n) is 2.31. The fraction of sp³-hybridized carbons (Fsp3) is 0.632. The molecule has 0 spiro atoms. The Balaban J connectivity index is 0. The number of amides is 1. The zero-order chi connectivity index (χ0) is 19.4. The van der Waals surface area contributed by atoms with Crippen LogP contribution >= 0.6 is 24.8 Å². The van der Waals surface area contributed by atoms with Gasteiger partial charge in [0.2, 0.25) is 0 Å². The molecule has 164 valence electrons. The van der Waals surface area contributed by atoms with Crippen molar-refractivity contribution in [3.05, 3.63) is 23.8 Å². The van der Waals surface area contributed by atoms with Gasteiger partial charge in [0, 0.05) is 18.6 Å². The highest BCUT2D eigenvalue weighted by atomic mass is 35.5. The summed E-state index contributed by atoms with van der Waals surface area (Å²) in [5.74, 6) is 0.992. The Labute approximate surface area is 180 Å². The predicted molar refractivity (Wildman–Crippen MR) is 117 cm³/mol. The first-order valence-corrected chi connectivity index (χ1v) is 8.98. The Morgan fingerprint density at radius 3 is 2.36 bits per heavy atom. The van der Waals surface area contributed by atoms with Crippen LogP contribution in [0.25, 0.3) is 0 Å². The number of hydrogen-bond acceptors (Lipinski definition) is 6. The summed E-state index contributed by atoms with van der Waals surface area (Å²) in [5, 5.41) is 18.0. The molecule has 1 rings (SSSR count). The molecule has 1 amide bonds. The van der Waals surface area contributed by atoms with Crippen LogP contribution in [0.3, 0.4) is 0 Å². The van der Waals surface area contributed by atoms with Crippen molar-refractivity contribution in [1.29, 1.82) is 0 Å². The largest absolute Gasteiger partial charge is 0.493 e. The van der Waals surface area contributed by atoms with E-state index in [1.165, 1.54) is 0 Å². The van der Waals surface area contributed by atoms with Gasteiger partial charge in [-0.15, -0.1) is 24.8 Å². The highest BCUT2D eigenvalue weighted by Crippen LogP contribution is 2.28. The zero-order valence-electron chi connectivity index (χ0n) is 17.2. The summed E-state index contributed by atoms with van der Waals surface area (Å²) in [6.07, 6.45) is 0.987. The molecular weight excluding hydrogens is 405 g/mol. The number of aliphatic hydroxyl groups is 1. The van der Waals surface area contributed by atoms with Crippen molar-refractivity contribution in [3.8, 4) is 11.5 Å². The first-order valence-electron chi connectivity index (χ1n) is 8.98. The number of methoxy groups -OCH3 is 1. The summed E-state index contributed by atoms with van der Waals surface area (Å²) in [6.45, 7) is 9.01. The van der Waals surface area contributed by atoms with Crippen molar-refractivity contribution in [2.45, 2.75) is 39.3 Å². The van der Waals surface area contributed by atoms with Gasteiger partial charge >= 0.3 is 0 Å². The van der Waals surface area contributed by atoms with Gasteiger partial charge in [0.25, 0.3) is 5.91 Å². The van der Waals surface area contributed by atoms with E-state index in [2.05, 4.69) is 16.0 Å². The van der Waals surface area contributed by atoms with Crippen LogP contribution in [0.4, 0.5) is 0 Å². The lowest BCUT2D eigenvalue weighted by molar-refractivity contribution is -0.124. The van der Waals surface area contributed by atoms with E-state index in [0.717, 1.165) is 31.6 Å². The lowest BCUT2D eigenvalue weighted by Gasteiger charge is -2.20. The quantitative estimate of drug-likeness (QED) is 0.371. The first-order chi connectivity index (χ1) is 12.4. The molecule has 0 atom stereocenters. The van der Waals surface area contributed by atoms with Gasteiger partial charge in [-0.25, -0.2) is 0 Å². The molecule has 0 aliphatic carbocycles. The molecule has 0 saturated heterocycles. The van der Waals surface area contributed by atoms with E-state index >= 15 is 0 Å². The van der Waals surface area contributed by atoms with Crippen LogP contribution < -0.4 is 25.4 Å². The fourth-order valence-corrected chi connectivity index (χ4v) is 2.31. The standard InChI is InChI=1S/C19H33N3O4.2ClH/c1-19(2,3)22-18(24)14-26-16-7-6-15(12-17(16)25-4)13-21-9-5-8-20-10-11-23;;/h6-7,12,20-21,23H,5,8-11,13-14H2,1-4H3,(H,22,24);2*1H. The summed E-state index contributed by atoms with van der Waals surface area (Å²) in [5.41, 5.74) is 0.796. The Hall–Kier alpha value is -1.25. The lowest BCUT2D eigenvalue weighted by Crippen LogP contribution is -2.43. The number of carbonyl (C=O) groups is 1. The zero-order valence-corrected chi connectivity index (χ0v) is 18.8. The van der Waals surface area contributed by atoms with Crippen LogP contribution in [0.15, 0.2) is 18.2 Å². The second-order valence-corrected chi connectivity index (χ2v) is 7.08. The molecule has 0 heterocycles. The Morgan fingerprint density at radius 2 is 1.75 bits per heavy atom. The summed E-state index contributed by atoms with van der Waals surface area (Å²) < 4.78 is 11.0. The number of carbonyl (C=O) groups excluding carboxylic acids is 1. The summed E-state index contributed by atoms with van der Waals surface area (Å²) in [6, 6.07) is 5.69. The number of rotatable bonds is 12. The van der Waals surface area contributed by atoms with E-state index < -0.39 is 0 Å². The molecule has 0 unspecified atom stereocenters. The Kier molecular flexibility index (Phi) is 16.2. The second-order valence-electron chi connectivity index (χ2n) is 7.08. The van der Waals surface area contributed by atoms with E-state index in [1.807, 2.05) is 39.0 Å². The van der Waals surface area contributed by atoms with Crippen LogP contribution in [-0.4, -0.2) is 56.5 Å². The minimum atomic E-state index is -0.284. The summed E-state index contributed by atoms with van der Waals surface area (Å²) >= 11 is 0. The predicted octanol–water partition coefficient (Wildman–Crippen LogP) is 1.89. The highest BCUT2D eigenvalue weighted by Gasteiger charge is 2.15. The van der Waals surface area contributed by atoms with Crippen molar-refractivity contribution >= 4 is 30.7 Å². The third-order valence-electron chi connectivity index (χ3n) is 3.43. The molecule has 0 aliphatic rings. The topological polar surface area (TPSA) is 91.8 Å². The number of ether oxygens (including phenoxy) is 2. The first kappa shape index (κ1) is 29.0. The van der Waals surface area contributed by atoms with Crippen LogP contribution in [0, 0.1) is 0 Å². The number of nitrogens with one attached hydrogen (secondary N) is 3. The molecule has 0 saturated carbocycles. The number of benzene rings is 1. The number of halogens is 2. The van der Waals surface area contributed by atoms with Gasteiger partial charge in [0.05, 0.1) is 13.7 Å². The van der Waals surface area contributed by atoms with E-state index in [4.69, 9.17) is 14.6 Å². The van der Waals surface area contributed by atoms with Crippen molar-refractivity contribution in [1.82, 2.24) is 16.0 Å². The maximum atomic E-state index is 11.9. The van der Waals surface area contributed by atoms with E-state index in [1.54, 1.807) is 7.11 Å². The minimum Gasteiger partial charge on any atom is -0.493 e. The summed E-state index contributed by atoms with van der Waals surface area (Å²) in [7, 11) is 1.58. The average molecular weight is 440 g/mol. The maximum absolute atomic E-state index is 11.9. The minimum absolute atomic E-state index is 0. The Bertz CT molecular complexity index is 554. The van der Waals surface area contributed by atoms with Crippen LogP contribution in [-0.2, 0) is 11.3 Å². The number of aliphatic hydroxyl groups excluding tert-OH is 1. The SMILES string of the molecule is COc1cc(CNCCCNCCO)ccc1OCC(=O)NC(C)(C)C.Cl.Cl. The van der Waals surface area contributed by atoms with Crippen LogP contribution in [0.5, 0.6) is 11.5 Å². The molecule has 0 aliphatic heterocycles. The van der Waals surface area contributed by atoms with E-state index in [9.17, 15) is 4.79 Å². The van der Waals surface area contributed by atoms with Gasteiger partial charge in [0.1, 0.15) is 0 Å². The van der Waals surface area contributed by atoms with Crippen molar-refractivity contribution in [2.75, 3.05) is 40.0 Å². The van der Waals surface area contributed by atoms with Crippen LogP contribution in [0.1, 0.15) is 32.8 Å².